The number of ether oxygens (including phenoxy) is 3. The monoisotopic (exact) mass is 517 g/mol. The fourth-order valence-electron chi connectivity index (χ4n) is 3.84. The van der Waals surface area contributed by atoms with E-state index in [0.717, 1.165) is 0 Å². The maximum absolute atomic E-state index is 13.1. The number of ketones is 1. The van der Waals surface area contributed by atoms with Crippen LogP contribution in [0.25, 0.3) is 5.76 Å². The van der Waals surface area contributed by atoms with Crippen molar-refractivity contribution >= 4 is 33.4 Å². The molecule has 8 heteroatoms. The van der Waals surface area contributed by atoms with Crippen molar-refractivity contribution in [2.75, 3.05) is 27.4 Å². The minimum Gasteiger partial charge on any atom is -0.507 e. The third-order valence-electron chi connectivity index (χ3n) is 5.26. The minimum atomic E-state index is -0.751. The van der Waals surface area contributed by atoms with E-state index in [1.54, 1.807) is 31.4 Å². The highest BCUT2D eigenvalue weighted by molar-refractivity contribution is 9.10. The van der Waals surface area contributed by atoms with Crippen molar-refractivity contribution in [2.24, 2.45) is 0 Å². The van der Waals surface area contributed by atoms with Crippen LogP contribution in [-0.4, -0.2) is 55.2 Å². The largest absolute Gasteiger partial charge is 0.507 e. The molecule has 1 fully saturated rings. The minimum absolute atomic E-state index is 0.0371. The van der Waals surface area contributed by atoms with E-state index in [9.17, 15) is 14.7 Å². The molecule has 1 amide bonds. The normalized spacial score (nSPS) is 17.6. The summed E-state index contributed by atoms with van der Waals surface area (Å²) in [5.74, 6) is -0.414. The highest BCUT2D eigenvalue weighted by Crippen LogP contribution is 2.41. The van der Waals surface area contributed by atoms with Crippen LogP contribution in [0.2, 0.25) is 0 Å². The van der Waals surface area contributed by atoms with Crippen LogP contribution >= 0.6 is 15.9 Å². The van der Waals surface area contributed by atoms with E-state index in [0.29, 0.717) is 46.7 Å². The van der Waals surface area contributed by atoms with Crippen molar-refractivity contribution in [1.29, 1.82) is 0 Å². The number of aliphatic hydroxyl groups is 1. The molecule has 33 heavy (non-hydrogen) atoms. The summed E-state index contributed by atoms with van der Waals surface area (Å²) in [7, 11) is 3.12. The number of hydrogen-bond acceptors (Lipinski definition) is 6. The van der Waals surface area contributed by atoms with E-state index in [-0.39, 0.29) is 17.4 Å². The molecule has 3 rings (SSSR count). The summed E-state index contributed by atoms with van der Waals surface area (Å²) in [5.41, 5.74) is 1.12. The molecule has 2 aromatic rings. The Morgan fingerprint density at radius 2 is 1.91 bits per heavy atom. The van der Waals surface area contributed by atoms with Gasteiger partial charge in [0.25, 0.3) is 11.7 Å². The average Bonchev–Trinajstić information content (AvgIpc) is 3.03. The second-order valence-electron chi connectivity index (χ2n) is 7.93. The van der Waals surface area contributed by atoms with Crippen molar-refractivity contribution in [2.45, 2.75) is 32.4 Å². The van der Waals surface area contributed by atoms with Gasteiger partial charge in [0.1, 0.15) is 17.3 Å². The summed E-state index contributed by atoms with van der Waals surface area (Å²) in [5, 5.41) is 11.2. The van der Waals surface area contributed by atoms with Gasteiger partial charge in [0.05, 0.1) is 29.3 Å². The van der Waals surface area contributed by atoms with Gasteiger partial charge in [-0.05, 0) is 72.1 Å². The summed E-state index contributed by atoms with van der Waals surface area (Å²) in [6.45, 7) is 4.59. The Balaban J connectivity index is 2.13. The lowest BCUT2D eigenvalue weighted by Crippen LogP contribution is -2.31. The molecule has 1 aliphatic heterocycles. The van der Waals surface area contributed by atoms with Gasteiger partial charge in [-0.25, -0.2) is 0 Å². The zero-order chi connectivity index (χ0) is 24.1. The van der Waals surface area contributed by atoms with Gasteiger partial charge >= 0.3 is 0 Å². The number of carbonyl (C=O) groups is 2. The smallest absolute Gasteiger partial charge is 0.295 e. The van der Waals surface area contributed by atoms with E-state index in [1.165, 1.54) is 12.0 Å². The fraction of sp³-hybridized carbons (Fsp3) is 0.360. The van der Waals surface area contributed by atoms with Gasteiger partial charge in [0, 0.05) is 25.8 Å². The summed E-state index contributed by atoms with van der Waals surface area (Å²) in [6.07, 6.45) is 0.515. The predicted molar refractivity (Wildman–Crippen MR) is 128 cm³/mol. The van der Waals surface area contributed by atoms with Gasteiger partial charge in [-0.3, -0.25) is 9.59 Å². The number of halogens is 1. The van der Waals surface area contributed by atoms with Crippen LogP contribution in [0.15, 0.2) is 52.5 Å². The number of aliphatic hydroxyl groups excluding tert-OH is 1. The SMILES string of the molecule is COCCCN1C(=O)C(=O)/C(=C(/O)c2ccc(OC)c(Br)c2)C1c1cccc(OC(C)C)c1. The van der Waals surface area contributed by atoms with E-state index < -0.39 is 17.7 Å². The second kappa shape index (κ2) is 10.9. The molecule has 1 N–H and O–H groups in total. The topological polar surface area (TPSA) is 85.3 Å². The molecule has 0 aromatic heterocycles. The Morgan fingerprint density at radius 3 is 2.55 bits per heavy atom. The number of likely N-dealkylation sites (tertiary alicyclic amines) is 1. The van der Waals surface area contributed by atoms with Crippen molar-refractivity contribution in [3.8, 4) is 11.5 Å². The lowest BCUT2D eigenvalue weighted by atomic mass is 9.95. The van der Waals surface area contributed by atoms with Crippen molar-refractivity contribution in [3.63, 3.8) is 0 Å². The molecule has 176 valence electrons. The van der Waals surface area contributed by atoms with Gasteiger partial charge in [-0.1, -0.05) is 12.1 Å². The third-order valence-corrected chi connectivity index (χ3v) is 5.88. The van der Waals surface area contributed by atoms with Gasteiger partial charge in [-0.2, -0.15) is 0 Å². The first-order chi connectivity index (χ1) is 15.8. The molecular formula is C25H28BrNO6. The van der Waals surface area contributed by atoms with E-state index in [4.69, 9.17) is 14.2 Å². The zero-order valence-corrected chi connectivity index (χ0v) is 20.7. The lowest BCUT2D eigenvalue weighted by Gasteiger charge is -2.26. The number of carbonyl (C=O) groups excluding carboxylic acids is 2. The molecule has 1 heterocycles. The zero-order valence-electron chi connectivity index (χ0n) is 19.1. The Hall–Kier alpha value is -2.84. The molecule has 0 bridgehead atoms. The Morgan fingerprint density at radius 1 is 1.15 bits per heavy atom. The number of rotatable bonds is 9. The second-order valence-corrected chi connectivity index (χ2v) is 8.78. The first-order valence-electron chi connectivity index (χ1n) is 10.7. The van der Waals surface area contributed by atoms with Crippen LogP contribution < -0.4 is 9.47 Å². The molecule has 2 aromatic carbocycles. The summed E-state index contributed by atoms with van der Waals surface area (Å²) in [4.78, 5) is 27.6. The van der Waals surface area contributed by atoms with Crippen molar-refractivity contribution in [1.82, 2.24) is 4.90 Å². The number of methoxy groups -OCH3 is 2. The summed E-state index contributed by atoms with van der Waals surface area (Å²) in [6, 6.07) is 11.5. The molecule has 1 aliphatic rings. The summed E-state index contributed by atoms with van der Waals surface area (Å²) < 4.78 is 16.8. The Labute approximate surface area is 202 Å². The number of benzene rings is 2. The van der Waals surface area contributed by atoms with Gasteiger partial charge in [-0.15, -0.1) is 0 Å². The maximum atomic E-state index is 13.1. The fourth-order valence-corrected chi connectivity index (χ4v) is 4.38. The molecule has 0 spiro atoms. The standard InChI is InChI=1S/C25H28BrNO6/c1-15(2)33-18-8-5-7-16(13-18)22-21(24(29)25(30)27(22)11-6-12-31-3)23(28)17-9-10-20(32-4)19(26)14-17/h5,7-10,13-15,22,28H,6,11-12H2,1-4H3/b23-21+. The van der Waals surface area contributed by atoms with Crippen LogP contribution in [0.3, 0.4) is 0 Å². The molecule has 0 saturated carbocycles. The molecule has 1 unspecified atom stereocenters. The number of hydrogen-bond donors (Lipinski definition) is 1. The predicted octanol–water partition coefficient (Wildman–Crippen LogP) is 4.70. The molecule has 0 radical (unpaired) electrons. The molecule has 7 nitrogen and oxygen atoms in total. The number of nitrogens with zero attached hydrogens (tertiary/aromatic N) is 1. The average molecular weight is 518 g/mol. The quantitative estimate of drug-likeness (QED) is 0.224. The maximum Gasteiger partial charge on any atom is 0.295 e. The van der Waals surface area contributed by atoms with E-state index in [1.807, 2.05) is 32.0 Å². The van der Waals surface area contributed by atoms with Crippen LogP contribution in [0.5, 0.6) is 11.5 Å². The molecular weight excluding hydrogens is 490 g/mol. The Kier molecular flexibility index (Phi) is 8.15. The lowest BCUT2D eigenvalue weighted by molar-refractivity contribution is -0.140. The third kappa shape index (κ3) is 5.39. The van der Waals surface area contributed by atoms with E-state index in [2.05, 4.69) is 15.9 Å². The van der Waals surface area contributed by atoms with Gasteiger partial charge < -0.3 is 24.2 Å². The van der Waals surface area contributed by atoms with Crippen LogP contribution in [0, 0.1) is 0 Å². The van der Waals surface area contributed by atoms with Crippen molar-refractivity contribution < 1.29 is 28.9 Å². The van der Waals surface area contributed by atoms with Crippen LogP contribution in [-0.2, 0) is 14.3 Å². The molecule has 1 saturated heterocycles. The highest BCUT2D eigenvalue weighted by atomic mass is 79.9. The summed E-state index contributed by atoms with van der Waals surface area (Å²) >= 11 is 3.41. The highest BCUT2D eigenvalue weighted by Gasteiger charge is 2.46. The number of Topliss-reactive ketones (excluding diaryl/α,β-unsaturated/α-hetero) is 1. The van der Waals surface area contributed by atoms with Crippen LogP contribution in [0.4, 0.5) is 0 Å². The van der Waals surface area contributed by atoms with Crippen molar-refractivity contribution in [3.05, 3.63) is 63.6 Å². The first kappa shape index (κ1) is 24.8. The van der Waals surface area contributed by atoms with Gasteiger partial charge in [0.15, 0.2) is 0 Å². The molecule has 0 aliphatic carbocycles. The first-order valence-corrected chi connectivity index (χ1v) is 11.5. The Bertz CT molecular complexity index is 1060. The molecule has 1 atom stereocenters. The van der Waals surface area contributed by atoms with Crippen LogP contribution in [0.1, 0.15) is 37.4 Å². The number of amides is 1. The van der Waals surface area contributed by atoms with Gasteiger partial charge in [0.2, 0.25) is 0 Å². The van der Waals surface area contributed by atoms with E-state index >= 15 is 0 Å².